The molecule has 2 heterocycles. The topological polar surface area (TPSA) is 51.3 Å². The second-order valence-corrected chi connectivity index (χ2v) is 6.07. The minimum absolute atomic E-state index is 0.101. The normalized spacial score (nSPS) is 15.1. The van der Waals surface area contributed by atoms with Crippen LogP contribution in [0.4, 0.5) is 0 Å². The molecule has 2 aromatic carbocycles. The van der Waals surface area contributed by atoms with Crippen molar-refractivity contribution in [2.75, 3.05) is 6.79 Å². The van der Waals surface area contributed by atoms with Gasteiger partial charge in [-0.1, -0.05) is 24.3 Å². The van der Waals surface area contributed by atoms with E-state index in [0.29, 0.717) is 16.9 Å². The quantitative estimate of drug-likeness (QED) is 0.692. The Morgan fingerprint density at radius 2 is 1.83 bits per heavy atom. The van der Waals surface area contributed by atoms with E-state index >= 15 is 0 Å². The van der Waals surface area contributed by atoms with Gasteiger partial charge in [-0.15, -0.1) is 0 Å². The SMILES string of the molecule is O=c1c2c([nH]c3cc4c(cc13)OCO4)-c1ccccc1CCC2. The number of nitrogens with one attached hydrogen (secondary N) is 1. The van der Waals surface area contributed by atoms with Crippen LogP contribution in [0.25, 0.3) is 22.2 Å². The largest absolute Gasteiger partial charge is 0.454 e. The smallest absolute Gasteiger partial charge is 0.231 e. The molecule has 0 saturated heterocycles. The summed E-state index contributed by atoms with van der Waals surface area (Å²) in [6, 6.07) is 12.0. The lowest BCUT2D eigenvalue weighted by Gasteiger charge is -2.11. The van der Waals surface area contributed by atoms with Crippen LogP contribution >= 0.6 is 0 Å². The monoisotopic (exact) mass is 305 g/mol. The average molecular weight is 305 g/mol. The maximum Gasteiger partial charge on any atom is 0.231 e. The first kappa shape index (κ1) is 12.8. The fraction of sp³-hybridized carbons (Fsp3) is 0.211. The fourth-order valence-corrected chi connectivity index (χ4v) is 3.63. The summed E-state index contributed by atoms with van der Waals surface area (Å²) in [6.45, 7) is 0.211. The predicted molar refractivity (Wildman–Crippen MR) is 88.2 cm³/mol. The van der Waals surface area contributed by atoms with Crippen LogP contribution in [0, 0.1) is 0 Å². The van der Waals surface area contributed by atoms with Crippen molar-refractivity contribution in [3.05, 3.63) is 57.7 Å². The van der Waals surface area contributed by atoms with E-state index in [1.54, 1.807) is 6.07 Å². The van der Waals surface area contributed by atoms with Crippen molar-refractivity contribution in [2.24, 2.45) is 0 Å². The first-order chi connectivity index (χ1) is 11.3. The molecule has 0 unspecified atom stereocenters. The molecule has 1 aromatic heterocycles. The molecule has 0 radical (unpaired) electrons. The highest BCUT2D eigenvalue weighted by atomic mass is 16.7. The number of aromatic nitrogens is 1. The number of fused-ring (bicyclic) bond motifs is 5. The third-order valence-electron chi connectivity index (χ3n) is 4.75. The van der Waals surface area contributed by atoms with Gasteiger partial charge >= 0.3 is 0 Å². The van der Waals surface area contributed by atoms with Crippen LogP contribution in [0.5, 0.6) is 11.5 Å². The Bertz CT molecular complexity index is 1000. The number of rotatable bonds is 0. The number of H-pyrrole nitrogens is 1. The van der Waals surface area contributed by atoms with Crippen LogP contribution in [-0.4, -0.2) is 11.8 Å². The molecule has 0 fully saturated rings. The van der Waals surface area contributed by atoms with Crippen molar-refractivity contribution in [1.29, 1.82) is 0 Å². The first-order valence-electron chi connectivity index (χ1n) is 7.88. The molecule has 0 amide bonds. The number of ether oxygens (including phenoxy) is 2. The van der Waals surface area contributed by atoms with Gasteiger partial charge in [-0.25, -0.2) is 0 Å². The number of hydrogen-bond donors (Lipinski definition) is 1. The molecule has 3 aromatic rings. The van der Waals surface area contributed by atoms with E-state index in [1.165, 1.54) is 5.56 Å². The molecule has 0 atom stereocenters. The van der Waals surface area contributed by atoms with Gasteiger partial charge in [0.25, 0.3) is 0 Å². The summed E-state index contributed by atoms with van der Waals surface area (Å²) in [5.41, 5.74) is 5.16. The molecule has 0 saturated carbocycles. The lowest BCUT2D eigenvalue weighted by Crippen LogP contribution is -2.12. The number of benzene rings is 2. The standard InChI is InChI=1S/C19H15NO3/c21-19-13-7-3-5-11-4-1-2-6-12(11)18(13)20-15-9-17-16(8-14(15)19)22-10-23-17/h1-2,4,6,8-9H,3,5,7,10H2,(H,20,21). The summed E-state index contributed by atoms with van der Waals surface area (Å²) in [6.07, 6.45) is 2.78. The highest BCUT2D eigenvalue weighted by molar-refractivity contribution is 5.87. The predicted octanol–water partition coefficient (Wildman–Crippen LogP) is 3.41. The van der Waals surface area contributed by atoms with Gasteiger partial charge in [0.05, 0.1) is 11.2 Å². The maximum absolute atomic E-state index is 13.0. The Kier molecular flexibility index (Phi) is 2.56. The Morgan fingerprint density at radius 1 is 1.00 bits per heavy atom. The van der Waals surface area contributed by atoms with Gasteiger partial charge in [0.2, 0.25) is 6.79 Å². The van der Waals surface area contributed by atoms with Crippen molar-refractivity contribution in [2.45, 2.75) is 19.3 Å². The number of hydrogen-bond acceptors (Lipinski definition) is 3. The zero-order valence-electron chi connectivity index (χ0n) is 12.5. The molecular weight excluding hydrogens is 290 g/mol. The summed E-state index contributed by atoms with van der Waals surface area (Å²) in [7, 11) is 0. The number of aromatic amines is 1. The summed E-state index contributed by atoms with van der Waals surface area (Å²) in [5, 5.41) is 0.674. The van der Waals surface area contributed by atoms with E-state index in [9.17, 15) is 4.79 Å². The van der Waals surface area contributed by atoms with E-state index in [4.69, 9.17) is 9.47 Å². The van der Waals surface area contributed by atoms with Crippen LogP contribution in [-0.2, 0) is 12.8 Å². The maximum atomic E-state index is 13.0. The van der Waals surface area contributed by atoms with Crippen molar-refractivity contribution < 1.29 is 9.47 Å². The first-order valence-corrected chi connectivity index (χ1v) is 7.88. The molecule has 4 heteroatoms. The van der Waals surface area contributed by atoms with Crippen molar-refractivity contribution in [1.82, 2.24) is 4.98 Å². The van der Waals surface area contributed by atoms with Crippen LogP contribution < -0.4 is 14.9 Å². The molecule has 2 aliphatic rings. The summed E-state index contributed by atoms with van der Waals surface area (Å²) < 4.78 is 10.9. The minimum Gasteiger partial charge on any atom is -0.454 e. The zero-order valence-corrected chi connectivity index (χ0v) is 12.5. The summed E-state index contributed by atoms with van der Waals surface area (Å²) in [4.78, 5) is 16.5. The third kappa shape index (κ3) is 1.81. The Balaban J connectivity index is 1.87. The highest BCUT2D eigenvalue weighted by Crippen LogP contribution is 2.37. The number of pyridine rings is 1. The minimum atomic E-state index is 0.101. The molecule has 5 rings (SSSR count). The molecule has 1 aliphatic heterocycles. The van der Waals surface area contributed by atoms with Gasteiger partial charge in [-0.05, 0) is 30.9 Å². The van der Waals surface area contributed by atoms with Crippen LogP contribution in [0.2, 0.25) is 0 Å². The summed E-state index contributed by atoms with van der Waals surface area (Å²) >= 11 is 0. The van der Waals surface area contributed by atoms with Crippen molar-refractivity contribution >= 4 is 10.9 Å². The van der Waals surface area contributed by atoms with Gasteiger partial charge in [-0.3, -0.25) is 4.79 Å². The van der Waals surface area contributed by atoms with Crippen molar-refractivity contribution in [3.63, 3.8) is 0 Å². The second kappa shape index (κ2) is 4.62. The van der Waals surface area contributed by atoms with Gasteiger partial charge < -0.3 is 14.5 Å². The van der Waals surface area contributed by atoms with Crippen LogP contribution in [0.1, 0.15) is 17.5 Å². The van der Waals surface area contributed by atoms with E-state index in [0.717, 1.165) is 41.6 Å². The van der Waals surface area contributed by atoms with Gasteiger partial charge in [-0.2, -0.15) is 0 Å². The van der Waals surface area contributed by atoms with E-state index in [2.05, 4.69) is 23.2 Å². The van der Waals surface area contributed by atoms with Gasteiger partial charge in [0, 0.05) is 22.6 Å². The molecule has 0 spiro atoms. The van der Waals surface area contributed by atoms with Crippen LogP contribution in [0.15, 0.2) is 41.2 Å². The Hall–Kier alpha value is -2.75. The zero-order chi connectivity index (χ0) is 15.4. The van der Waals surface area contributed by atoms with Gasteiger partial charge in [0.1, 0.15) is 0 Å². The Labute approximate surface area is 132 Å². The molecule has 23 heavy (non-hydrogen) atoms. The average Bonchev–Trinajstić information content (AvgIpc) is 2.94. The highest BCUT2D eigenvalue weighted by Gasteiger charge is 2.21. The lowest BCUT2D eigenvalue weighted by molar-refractivity contribution is 0.174. The molecule has 114 valence electrons. The number of aryl methyl sites for hydroxylation is 1. The molecule has 4 nitrogen and oxygen atoms in total. The van der Waals surface area contributed by atoms with E-state index in [1.807, 2.05) is 12.1 Å². The van der Waals surface area contributed by atoms with E-state index < -0.39 is 0 Å². The second-order valence-electron chi connectivity index (χ2n) is 6.07. The van der Waals surface area contributed by atoms with Crippen LogP contribution in [0.3, 0.4) is 0 Å². The lowest BCUT2D eigenvalue weighted by atomic mass is 10.00. The molecule has 1 N–H and O–H groups in total. The van der Waals surface area contributed by atoms with Crippen molar-refractivity contribution in [3.8, 4) is 22.8 Å². The van der Waals surface area contributed by atoms with E-state index in [-0.39, 0.29) is 12.2 Å². The fourth-order valence-electron chi connectivity index (χ4n) is 3.63. The molecular formula is C19H15NO3. The molecule has 1 aliphatic carbocycles. The third-order valence-corrected chi connectivity index (χ3v) is 4.75. The Morgan fingerprint density at radius 3 is 2.74 bits per heavy atom. The molecule has 0 bridgehead atoms. The summed E-state index contributed by atoms with van der Waals surface area (Å²) in [5.74, 6) is 1.34. The van der Waals surface area contributed by atoms with Gasteiger partial charge in [0.15, 0.2) is 16.9 Å².